The predicted octanol–water partition coefficient (Wildman–Crippen LogP) is 8.01. The smallest absolute Gasteiger partial charge is 0.238 e. The molecule has 0 saturated carbocycles. The van der Waals surface area contributed by atoms with Gasteiger partial charge in [-0.15, -0.1) is 5.10 Å². The maximum Gasteiger partial charge on any atom is 0.238 e. The number of aromatic nitrogens is 4. The Kier molecular flexibility index (Phi) is 10.8. The molecule has 11 nitrogen and oxygen atoms in total. The van der Waals surface area contributed by atoms with Gasteiger partial charge in [0.05, 0.1) is 50.5 Å². The molecule has 1 saturated heterocycles. The maximum atomic E-state index is 14.0. The Morgan fingerprint density at radius 3 is 2.49 bits per heavy atom. The summed E-state index contributed by atoms with van der Waals surface area (Å²) in [5.41, 5.74) is 3.94. The third kappa shape index (κ3) is 8.31. The Labute approximate surface area is 318 Å². The minimum atomic E-state index is -3.92. The van der Waals surface area contributed by atoms with Gasteiger partial charge in [0, 0.05) is 54.9 Å². The number of nitriles is 1. The average Bonchev–Trinajstić information content (AvgIpc) is 3.58. The van der Waals surface area contributed by atoms with Crippen molar-refractivity contribution in [3.63, 3.8) is 0 Å². The largest absolute Gasteiger partial charge is 0.354 e. The highest BCUT2D eigenvalue weighted by atomic mass is 35.5. The number of fused-ring (bicyclic) bond motifs is 1. The monoisotopic (exact) mass is 776 g/mol. The number of hydrogen-bond donors (Lipinski definition) is 1. The Morgan fingerprint density at radius 1 is 1.11 bits per heavy atom. The van der Waals surface area contributed by atoms with Crippen molar-refractivity contribution < 1.29 is 17.6 Å². The highest BCUT2D eigenvalue weighted by molar-refractivity contribution is 7.92. The van der Waals surface area contributed by atoms with Gasteiger partial charge >= 0.3 is 0 Å². The van der Waals surface area contributed by atoms with E-state index < -0.39 is 27.7 Å². The summed E-state index contributed by atoms with van der Waals surface area (Å²) >= 11 is 12.9. The van der Waals surface area contributed by atoms with Gasteiger partial charge in [-0.2, -0.15) is 5.26 Å². The summed E-state index contributed by atoms with van der Waals surface area (Å²) in [5.74, 6) is -1.67. The lowest BCUT2D eigenvalue weighted by Gasteiger charge is -2.40. The molecule has 3 heterocycles. The van der Waals surface area contributed by atoms with Crippen LogP contribution in [0, 0.1) is 17.1 Å². The molecule has 2 aromatic heterocycles. The van der Waals surface area contributed by atoms with E-state index in [4.69, 9.17) is 23.2 Å². The molecule has 15 heteroatoms. The van der Waals surface area contributed by atoms with E-state index in [0.29, 0.717) is 45.0 Å². The lowest BCUT2D eigenvalue weighted by atomic mass is 9.88. The summed E-state index contributed by atoms with van der Waals surface area (Å²) in [6, 6.07) is 17.0. The standard InChI is InChI=1S/C38H39Cl2FN8O3S/c1-23(50)49(53(5,51)52)29-8-6-7-25(18-29)30(35-22-48(46-45-35)28-11-13-47(14-12-28)38(2,3)4)15-24-16-31-36(44-27-9-10-34(41)32(39)19-27)26(20-42)21-43-37(31)33(40)17-24/h6-10,16-19,21-22,28,30H,11-15H2,1-5H3,(H,43,44)/t30-/m0/s1. The summed E-state index contributed by atoms with van der Waals surface area (Å²) in [5, 5.41) is 23.3. The van der Waals surface area contributed by atoms with Crippen LogP contribution in [-0.2, 0) is 21.2 Å². The third-order valence-electron chi connectivity index (χ3n) is 9.53. The summed E-state index contributed by atoms with van der Waals surface area (Å²) in [6.45, 7) is 9.69. The second-order valence-corrected chi connectivity index (χ2v) is 16.9. The fourth-order valence-corrected chi connectivity index (χ4v) is 8.34. The number of anilines is 3. The van der Waals surface area contributed by atoms with Gasteiger partial charge in [-0.25, -0.2) is 21.8 Å². The molecule has 1 aliphatic heterocycles. The van der Waals surface area contributed by atoms with E-state index in [0.717, 1.165) is 42.1 Å². The Morgan fingerprint density at radius 2 is 1.85 bits per heavy atom. The van der Waals surface area contributed by atoms with Crippen LogP contribution >= 0.6 is 23.2 Å². The topological polar surface area (TPSA) is 137 Å². The number of amides is 1. The van der Waals surface area contributed by atoms with Crippen LogP contribution in [0.4, 0.5) is 21.5 Å². The fraction of sp³-hybridized carbons (Fsp3) is 0.342. The number of piperidine rings is 1. The summed E-state index contributed by atoms with van der Waals surface area (Å²) < 4.78 is 42.0. The molecule has 3 aromatic carbocycles. The number of carbonyl (C=O) groups is 1. The Bertz CT molecular complexity index is 2350. The van der Waals surface area contributed by atoms with Crippen LogP contribution in [0.5, 0.6) is 0 Å². The molecule has 1 amide bonds. The zero-order chi connectivity index (χ0) is 38.2. The molecule has 276 valence electrons. The average molecular weight is 778 g/mol. The fourth-order valence-electron chi connectivity index (χ4n) is 6.90. The Balaban J connectivity index is 1.43. The van der Waals surface area contributed by atoms with Crippen molar-refractivity contribution in [3.05, 3.63) is 105 Å². The van der Waals surface area contributed by atoms with E-state index >= 15 is 0 Å². The molecule has 0 aliphatic carbocycles. The SMILES string of the molecule is CC(=O)N(c1cccc([C@H](Cc2cc(Cl)c3ncc(C#N)c(Nc4ccc(F)c(Cl)c4)c3c2)c2cn(C3CCN(C(C)(C)C)CC3)nn2)c1)S(C)(=O)=O. The van der Waals surface area contributed by atoms with Crippen molar-refractivity contribution in [2.75, 3.05) is 29.0 Å². The number of nitrogens with one attached hydrogen (secondary N) is 1. The van der Waals surface area contributed by atoms with Crippen LogP contribution < -0.4 is 9.62 Å². The van der Waals surface area contributed by atoms with Crippen LogP contribution in [0.1, 0.15) is 74.9 Å². The molecular weight excluding hydrogens is 738 g/mol. The van der Waals surface area contributed by atoms with Crippen molar-refractivity contribution in [2.24, 2.45) is 0 Å². The second-order valence-electron chi connectivity index (χ2n) is 14.3. The van der Waals surface area contributed by atoms with Crippen molar-refractivity contribution in [3.8, 4) is 6.07 Å². The van der Waals surface area contributed by atoms with Crippen molar-refractivity contribution >= 4 is 67.1 Å². The first-order chi connectivity index (χ1) is 25.0. The highest BCUT2D eigenvalue weighted by Gasteiger charge is 2.30. The molecular formula is C38H39Cl2FN8O3S. The van der Waals surface area contributed by atoms with Crippen molar-refractivity contribution in [1.82, 2.24) is 24.9 Å². The second kappa shape index (κ2) is 15.0. The number of carbonyl (C=O) groups excluding carboxylic acids is 1. The van der Waals surface area contributed by atoms with Gasteiger partial charge in [0.15, 0.2) is 0 Å². The molecule has 0 bridgehead atoms. The number of rotatable bonds is 9. The van der Waals surface area contributed by atoms with Gasteiger partial charge in [0.25, 0.3) is 0 Å². The predicted molar refractivity (Wildman–Crippen MR) is 206 cm³/mol. The number of sulfonamides is 1. The van der Waals surface area contributed by atoms with Gasteiger partial charge < -0.3 is 5.32 Å². The lowest BCUT2D eigenvalue weighted by Crippen LogP contribution is -2.46. The number of likely N-dealkylation sites (tertiary alicyclic amines) is 1. The van der Waals surface area contributed by atoms with Crippen LogP contribution in [0.15, 0.2) is 67.0 Å². The van der Waals surface area contributed by atoms with Crippen LogP contribution in [0.3, 0.4) is 0 Å². The minimum Gasteiger partial charge on any atom is -0.354 e. The maximum absolute atomic E-state index is 14.0. The normalized spacial score (nSPS) is 14.9. The number of benzene rings is 3. The first-order valence-electron chi connectivity index (χ1n) is 17.0. The number of pyridine rings is 1. The van der Waals surface area contributed by atoms with Gasteiger partial charge in [-0.05, 0) is 93.6 Å². The number of nitrogens with zero attached hydrogens (tertiary/aromatic N) is 7. The van der Waals surface area contributed by atoms with Gasteiger partial charge in [-0.1, -0.05) is 40.5 Å². The molecule has 6 rings (SSSR count). The molecule has 1 aliphatic rings. The van der Waals surface area contributed by atoms with Gasteiger partial charge in [0.2, 0.25) is 15.9 Å². The first kappa shape index (κ1) is 38.1. The number of halogens is 3. The highest BCUT2D eigenvalue weighted by Crippen LogP contribution is 2.38. The van der Waals surface area contributed by atoms with E-state index in [2.05, 4.69) is 52.4 Å². The summed E-state index contributed by atoms with van der Waals surface area (Å²) in [4.78, 5) is 19.5. The van der Waals surface area contributed by atoms with Crippen LogP contribution in [0.25, 0.3) is 10.9 Å². The third-order valence-corrected chi connectivity index (χ3v) is 11.2. The Hall–Kier alpha value is -4.61. The molecule has 0 unspecified atom stereocenters. The van der Waals surface area contributed by atoms with Gasteiger partial charge in [-0.3, -0.25) is 14.7 Å². The zero-order valence-electron chi connectivity index (χ0n) is 29.9. The number of hydrogen-bond acceptors (Lipinski definition) is 9. The van der Waals surface area contributed by atoms with E-state index in [1.54, 1.807) is 24.3 Å². The lowest BCUT2D eigenvalue weighted by molar-refractivity contribution is -0.115. The molecule has 53 heavy (non-hydrogen) atoms. The molecule has 1 N–H and O–H groups in total. The van der Waals surface area contributed by atoms with Crippen molar-refractivity contribution in [1.29, 1.82) is 5.26 Å². The quantitative estimate of drug-likeness (QED) is 0.158. The van der Waals surface area contributed by atoms with Gasteiger partial charge in [0.1, 0.15) is 11.9 Å². The van der Waals surface area contributed by atoms with E-state index in [1.807, 2.05) is 23.0 Å². The molecule has 1 fully saturated rings. The molecule has 5 aromatic rings. The molecule has 0 spiro atoms. The van der Waals surface area contributed by atoms with E-state index in [1.165, 1.54) is 31.3 Å². The van der Waals surface area contributed by atoms with Crippen molar-refractivity contribution in [2.45, 2.75) is 64.5 Å². The first-order valence-corrected chi connectivity index (χ1v) is 19.6. The zero-order valence-corrected chi connectivity index (χ0v) is 32.3. The van der Waals surface area contributed by atoms with Crippen LogP contribution in [-0.4, -0.2) is 64.1 Å². The van der Waals surface area contributed by atoms with E-state index in [-0.39, 0.29) is 27.9 Å². The summed E-state index contributed by atoms with van der Waals surface area (Å²) in [6.07, 6.45) is 6.50. The molecule has 0 radical (unpaired) electrons. The summed E-state index contributed by atoms with van der Waals surface area (Å²) in [7, 11) is -3.92. The van der Waals surface area contributed by atoms with E-state index in [9.17, 15) is 22.9 Å². The minimum absolute atomic E-state index is 0.0699. The molecule has 1 atom stereocenters. The van der Waals surface area contributed by atoms with Crippen LogP contribution in [0.2, 0.25) is 10.0 Å².